The van der Waals surface area contributed by atoms with Gasteiger partial charge in [0.25, 0.3) is 0 Å². The second kappa shape index (κ2) is 15.5. The van der Waals surface area contributed by atoms with Gasteiger partial charge in [-0.05, 0) is 25.0 Å². The molecule has 0 spiro atoms. The van der Waals surface area contributed by atoms with E-state index in [4.69, 9.17) is 0 Å². The first-order valence-electron chi connectivity index (χ1n) is 5.58. The molecule has 0 aromatic rings. The first-order chi connectivity index (χ1) is 6.77. The molecule has 0 saturated heterocycles. The molecule has 0 unspecified atom stereocenters. The quantitative estimate of drug-likeness (QED) is 0.315. The van der Waals surface area contributed by atoms with Gasteiger partial charge in [0.2, 0.25) is 0 Å². The van der Waals surface area contributed by atoms with Crippen LogP contribution in [0.5, 0.6) is 0 Å². The second-order valence-electron chi connectivity index (χ2n) is 3.67. The number of carbonyl (C=O) groups is 1. The molecule has 15 heavy (non-hydrogen) atoms. The second-order valence-corrected chi connectivity index (χ2v) is 4.12. The van der Waals surface area contributed by atoms with Crippen molar-refractivity contribution in [3.8, 4) is 0 Å². The van der Waals surface area contributed by atoms with E-state index in [-0.39, 0.29) is 57.8 Å². The molecule has 0 aromatic carbocycles. The van der Waals surface area contributed by atoms with Crippen molar-refractivity contribution < 1.29 is 61.3 Å². The largest absolute Gasteiger partial charge is 1.00 e. The molecule has 0 amide bonds. The number of hydrogen-bond donors (Lipinski definition) is 1. The summed E-state index contributed by atoms with van der Waals surface area (Å²) < 4.78 is 0. The maximum Gasteiger partial charge on any atom is 1.00 e. The standard InChI is InChI=1S/C11H22O2S.K/c12-11(13)9-7-5-3-1-2-4-6-8-10-14;/h14H,1-10H2,(H,12,13);/q;+1/p-1. The third-order valence-electron chi connectivity index (χ3n) is 2.29. The van der Waals surface area contributed by atoms with Gasteiger partial charge in [-0.3, -0.25) is 0 Å². The third-order valence-corrected chi connectivity index (χ3v) is 2.61. The summed E-state index contributed by atoms with van der Waals surface area (Å²) in [6.45, 7) is 0. The van der Waals surface area contributed by atoms with Crippen molar-refractivity contribution in [2.24, 2.45) is 0 Å². The summed E-state index contributed by atoms with van der Waals surface area (Å²) in [6.07, 6.45) is 9.49. The minimum absolute atomic E-state index is 0. The summed E-state index contributed by atoms with van der Waals surface area (Å²) in [6, 6.07) is 0. The molecule has 0 aromatic heterocycles. The van der Waals surface area contributed by atoms with Gasteiger partial charge in [-0.15, -0.1) is 0 Å². The summed E-state index contributed by atoms with van der Waals surface area (Å²) in [5.41, 5.74) is 0. The van der Waals surface area contributed by atoms with Crippen LogP contribution < -0.4 is 56.5 Å². The van der Waals surface area contributed by atoms with Gasteiger partial charge in [-0.2, -0.15) is 12.6 Å². The Morgan fingerprint density at radius 1 is 0.867 bits per heavy atom. The van der Waals surface area contributed by atoms with Crippen LogP contribution in [0.15, 0.2) is 0 Å². The Labute approximate surface area is 141 Å². The van der Waals surface area contributed by atoms with Crippen LogP contribution in [0.3, 0.4) is 0 Å². The van der Waals surface area contributed by atoms with Crippen molar-refractivity contribution >= 4 is 18.6 Å². The van der Waals surface area contributed by atoms with E-state index in [1.165, 1.54) is 32.1 Å². The van der Waals surface area contributed by atoms with Crippen LogP contribution in [0.4, 0.5) is 0 Å². The third kappa shape index (κ3) is 18.0. The normalized spacial score (nSPS) is 9.67. The van der Waals surface area contributed by atoms with E-state index in [9.17, 15) is 9.90 Å². The molecule has 0 rings (SSSR count). The number of carboxylic acids is 1. The van der Waals surface area contributed by atoms with Crippen molar-refractivity contribution in [2.45, 2.75) is 57.8 Å². The van der Waals surface area contributed by atoms with Crippen molar-refractivity contribution in [3.63, 3.8) is 0 Å². The molecule has 0 aliphatic rings. The van der Waals surface area contributed by atoms with Crippen LogP contribution >= 0.6 is 12.6 Å². The van der Waals surface area contributed by atoms with Crippen LogP contribution in [-0.4, -0.2) is 11.7 Å². The topological polar surface area (TPSA) is 40.1 Å². The molecular weight excluding hydrogens is 235 g/mol. The number of carboxylic acid groups (broad SMARTS) is 1. The average Bonchev–Trinajstić information content (AvgIpc) is 2.15. The van der Waals surface area contributed by atoms with E-state index < -0.39 is 5.97 Å². The Hall–Kier alpha value is 1.46. The molecule has 0 radical (unpaired) electrons. The Morgan fingerprint density at radius 2 is 1.27 bits per heavy atom. The number of hydrogen-bond acceptors (Lipinski definition) is 3. The van der Waals surface area contributed by atoms with E-state index in [2.05, 4.69) is 12.6 Å². The van der Waals surface area contributed by atoms with Crippen LogP contribution in [0.2, 0.25) is 0 Å². The maximum absolute atomic E-state index is 10.1. The molecular formula is C11H21KO2S. The molecule has 0 saturated carbocycles. The summed E-state index contributed by atoms with van der Waals surface area (Å²) >= 11 is 4.15. The fraction of sp³-hybridized carbons (Fsp3) is 0.909. The monoisotopic (exact) mass is 256 g/mol. The Morgan fingerprint density at radius 3 is 1.67 bits per heavy atom. The smallest absolute Gasteiger partial charge is 0.550 e. The van der Waals surface area contributed by atoms with E-state index in [0.717, 1.165) is 25.0 Å². The van der Waals surface area contributed by atoms with Crippen LogP contribution in [0, 0.1) is 0 Å². The van der Waals surface area contributed by atoms with Crippen molar-refractivity contribution in [3.05, 3.63) is 0 Å². The zero-order chi connectivity index (χ0) is 10.6. The van der Waals surface area contributed by atoms with Crippen molar-refractivity contribution in [2.75, 3.05) is 5.75 Å². The molecule has 0 bridgehead atoms. The van der Waals surface area contributed by atoms with Gasteiger partial charge in [0, 0.05) is 5.97 Å². The summed E-state index contributed by atoms with van der Waals surface area (Å²) in [5, 5.41) is 10.1. The van der Waals surface area contributed by atoms with Gasteiger partial charge < -0.3 is 9.90 Å². The Bertz CT molecular complexity index is 143. The number of unbranched alkanes of at least 4 members (excludes halogenated alkanes) is 7. The molecule has 0 atom stereocenters. The predicted molar refractivity (Wildman–Crippen MR) is 60.4 cm³/mol. The first kappa shape index (κ1) is 18.8. The molecule has 4 heteroatoms. The number of rotatable bonds is 10. The SMILES string of the molecule is O=C([O-])CCCCCCCCCCS.[K+]. The average molecular weight is 256 g/mol. The van der Waals surface area contributed by atoms with Gasteiger partial charge in [-0.1, -0.05) is 38.5 Å². The van der Waals surface area contributed by atoms with Gasteiger partial charge in [-0.25, -0.2) is 0 Å². The van der Waals surface area contributed by atoms with Crippen LogP contribution in [0.25, 0.3) is 0 Å². The Kier molecular flexibility index (Phi) is 19.4. The number of thiol groups is 1. The van der Waals surface area contributed by atoms with Crippen molar-refractivity contribution in [1.29, 1.82) is 0 Å². The van der Waals surface area contributed by atoms with Crippen molar-refractivity contribution in [1.82, 2.24) is 0 Å². The van der Waals surface area contributed by atoms with E-state index in [0.29, 0.717) is 0 Å². The number of aliphatic carboxylic acids is 1. The van der Waals surface area contributed by atoms with E-state index in [1.54, 1.807) is 0 Å². The molecule has 0 heterocycles. The van der Waals surface area contributed by atoms with Gasteiger partial charge in [0.15, 0.2) is 0 Å². The minimum Gasteiger partial charge on any atom is -0.550 e. The van der Waals surface area contributed by atoms with Crippen LogP contribution in [-0.2, 0) is 4.79 Å². The molecule has 84 valence electrons. The molecule has 0 aliphatic carbocycles. The van der Waals surface area contributed by atoms with E-state index >= 15 is 0 Å². The molecule has 0 aliphatic heterocycles. The molecule has 0 N–H and O–H groups in total. The van der Waals surface area contributed by atoms with Gasteiger partial charge >= 0.3 is 51.4 Å². The number of carbonyl (C=O) groups excluding carboxylic acids is 1. The van der Waals surface area contributed by atoms with Gasteiger partial charge in [0.05, 0.1) is 0 Å². The maximum atomic E-state index is 10.1. The summed E-state index contributed by atoms with van der Waals surface area (Å²) in [5.74, 6) is 0.0739. The van der Waals surface area contributed by atoms with Gasteiger partial charge in [0.1, 0.15) is 0 Å². The summed E-state index contributed by atoms with van der Waals surface area (Å²) in [4.78, 5) is 10.1. The first-order valence-corrected chi connectivity index (χ1v) is 6.21. The molecule has 0 fully saturated rings. The zero-order valence-corrected chi connectivity index (χ0v) is 13.9. The fourth-order valence-electron chi connectivity index (χ4n) is 1.44. The molecule has 2 nitrogen and oxygen atoms in total. The summed E-state index contributed by atoms with van der Waals surface area (Å²) in [7, 11) is 0. The Balaban J connectivity index is 0. The minimum atomic E-state index is -0.918. The predicted octanol–water partition coefficient (Wildman–Crippen LogP) is -0.819. The van der Waals surface area contributed by atoms with E-state index in [1.807, 2.05) is 0 Å². The van der Waals surface area contributed by atoms with Crippen LogP contribution in [0.1, 0.15) is 57.8 Å². The fourth-order valence-corrected chi connectivity index (χ4v) is 1.67. The zero-order valence-electron chi connectivity index (χ0n) is 9.83.